The van der Waals surface area contributed by atoms with Crippen molar-refractivity contribution in [2.75, 3.05) is 5.32 Å². The van der Waals surface area contributed by atoms with Crippen molar-refractivity contribution in [3.05, 3.63) is 22.0 Å². The van der Waals surface area contributed by atoms with Gasteiger partial charge >= 0.3 is 6.01 Å². The fourth-order valence-corrected chi connectivity index (χ4v) is 1.77. The fraction of sp³-hybridized carbons (Fsp3) is 0.375. The summed E-state index contributed by atoms with van der Waals surface area (Å²) >= 11 is 1.63. The van der Waals surface area contributed by atoms with Gasteiger partial charge in [0.1, 0.15) is 5.01 Å². The van der Waals surface area contributed by atoms with Crippen LogP contribution >= 0.6 is 11.3 Å². The predicted molar refractivity (Wildman–Crippen MR) is 56.4 cm³/mol. The van der Waals surface area contributed by atoms with Gasteiger partial charge in [-0.3, -0.25) is 0 Å². The van der Waals surface area contributed by atoms with Crippen LogP contribution in [0.1, 0.15) is 15.8 Å². The molecule has 7 heteroatoms. The predicted octanol–water partition coefficient (Wildman–Crippen LogP) is 0.905. The van der Waals surface area contributed by atoms with E-state index >= 15 is 0 Å². The largest absolute Gasteiger partial charge is 0.407 e. The summed E-state index contributed by atoms with van der Waals surface area (Å²) in [5.74, 6) is 0.424. The van der Waals surface area contributed by atoms with E-state index in [1.165, 1.54) is 4.88 Å². The van der Waals surface area contributed by atoms with Crippen LogP contribution < -0.4 is 11.1 Å². The number of rotatable bonds is 4. The van der Waals surface area contributed by atoms with E-state index in [2.05, 4.69) is 20.5 Å². The first kappa shape index (κ1) is 10.1. The van der Waals surface area contributed by atoms with Gasteiger partial charge in [0.2, 0.25) is 5.89 Å². The van der Waals surface area contributed by atoms with Crippen molar-refractivity contribution in [1.82, 2.24) is 15.2 Å². The van der Waals surface area contributed by atoms with Gasteiger partial charge < -0.3 is 15.5 Å². The molecular weight excluding hydrogens is 214 g/mol. The van der Waals surface area contributed by atoms with Gasteiger partial charge in [-0.25, -0.2) is 4.98 Å². The summed E-state index contributed by atoms with van der Waals surface area (Å²) < 4.78 is 5.18. The summed E-state index contributed by atoms with van der Waals surface area (Å²) in [7, 11) is 0. The van der Waals surface area contributed by atoms with Crippen LogP contribution in [-0.4, -0.2) is 15.2 Å². The molecule has 0 aliphatic carbocycles. The highest BCUT2D eigenvalue weighted by Gasteiger charge is 2.04. The third-order valence-corrected chi connectivity index (χ3v) is 2.61. The Morgan fingerprint density at radius 1 is 1.53 bits per heavy atom. The molecule has 3 N–H and O–H groups in total. The smallest absolute Gasteiger partial charge is 0.315 e. The van der Waals surface area contributed by atoms with Gasteiger partial charge in [-0.15, -0.1) is 16.4 Å². The van der Waals surface area contributed by atoms with E-state index in [0.717, 1.165) is 5.01 Å². The molecule has 15 heavy (non-hydrogen) atoms. The molecule has 2 aromatic rings. The molecule has 0 aliphatic rings. The Balaban J connectivity index is 1.93. The van der Waals surface area contributed by atoms with Crippen LogP contribution in [0.25, 0.3) is 0 Å². The molecule has 0 unspecified atom stereocenters. The van der Waals surface area contributed by atoms with Crippen molar-refractivity contribution in [3.8, 4) is 0 Å². The van der Waals surface area contributed by atoms with Crippen molar-refractivity contribution in [1.29, 1.82) is 0 Å². The highest BCUT2D eigenvalue weighted by Crippen LogP contribution is 2.13. The molecule has 0 bridgehead atoms. The summed E-state index contributed by atoms with van der Waals surface area (Å²) in [5, 5.41) is 11.5. The van der Waals surface area contributed by atoms with Crippen LogP contribution in [0.3, 0.4) is 0 Å². The van der Waals surface area contributed by atoms with E-state index < -0.39 is 0 Å². The Kier molecular flexibility index (Phi) is 2.93. The Bertz CT molecular complexity index is 438. The molecule has 80 valence electrons. The zero-order valence-electron chi connectivity index (χ0n) is 8.23. The van der Waals surface area contributed by atoms with E-state index in [9.17, 15) is 0 Å². The van der Waals surface area contributed by atoms with Crippen molar-refractivity contribution >= 4 is 17.4 Å². The van der Waals surface area contributed by atoms with E-state index in [4.69, 9.17) is 10.2 Å². The average molecular weight is 225 g/mol. The minimum absolute atomic E-state index is 0.255. The van der Waals surface area contributed by atoms with Gasteiger partial charge in [0.15, 0.2) is 0 Å². The molecule has 0 aliphatic heterocycles. The maximum absolute atomic E-state index is 5.34. The highest BCUT2D eigenvalue weighted by atomic mass is 32.1. The Hall–Kier alpha value is -1.47. The normalized spacial score (nSPS) is 10.5. The number of aryl methyl sites for hydroxylation is 1. The van der Waals surface area contributed by atoms with E-state index in [1.54, 1.807) is 11.3 Å². The van der Waals surface area contributed by atoms with Crippen LogP contribution in [-0.2, 0) is 13.1 Å². The van der Waals surface area contributed by atoms with Gasteiger partial charge in [-0.05, 0) is 6.92 Å². The van der Waals surface area contributed by atoms with Crippen LogP contribution in [0.5, 0.6) is 0 Å². The molecular formula is C8H11N5OS. The first-order valence-corrected chi connectivity index (χ1v) is 5.27. The summed E-state index contributed by atoms with van der Waals surface area (Å²) in [5.41, 5.74) is 5.34. The van der Waals surface area contributed by atoms with Crippen molar-refractivity contribution in [3.63, 3.8) is 0 Å². The maximum Gasteiger partial charge on any atom is 0.315 e. The lowest BCUT2D eigenvalue weighted by molar-refractivity contribution is 0.507. The molecule has 0 saturated heterocycles. The number of nitrogens with one attached hydrogen (secondary N) is 1. The lowest BCUT2D eigenvalue weighted by atomic mass is 10.6. The zero-order valence-corrected chi connectivity index (χ0v) is 9.04. The Morgan fingerprint density at radius 3 is 3.00 bits per heavy atom. The molecule has 0 spiro atoms. The third-order valence-electron chi connectivity index (χ3n) is 1.70. The van der Waals surface area contributed by atoms with Crippen molar-refractivity contribution in [2.45, 2.75) is 20.0 Å². The van der Waals surface area contributed by atoms with Gasteiger partial charge in [0.05, 0.1) is 13.1 Å². The quantitative estimate of drug-likeness (QED) is 0.803. The molecule has 0 amide bonds. The lowest BCUT2D eigenvalue weighted by Gasteiger charge is -1.95. The molecule has 6 nitrogen and oxygen atoms in total. The number of nitrogens with two attached hydrogens (primary N) is 1. The standard InChI is InChI=1S/C8H11N5OS/c1-5-3-10-7(15-5)4-11-8-13-12-6(2-9)14-8/h3H,2,4,9H2,1H3,(H,11,13). The van der Waals surface area contributed by atoms with Crippen LogP contribution in [0.2, 0.25) is 0 Å². The van der Waals surface area contributed by atoms with Gasteiger partial charge in [0, 0.05) is 11.1 Å². The second-order valence-corrected chi connectivity index (χ2v) is 4.24. The summed E-state index contributed by atoms with van der Waals surface area (Å²) in [4.78, 5) is 5.38. The van der Waals surface area contributed by atoms with Gasteiger partial charge in [-0.1, -0.05) is 5.10 Å². The number of hydrogen-bond donors (Lipinski definition) is 2. The molecule has 0 aromatic carbocycles. The number of nitrogens with zero attached hydrogens (tertiary/aromatic N) is 3. The van der Waals surface area contributed by atoms with Crippen molar-refractivity contribution in [2.24, 2.45) is 5.73 Å². The minimum atomic E-state index is 0.255. The lowest BCUT2D eigenvalue weighted by Crippen LogP contribution is -1.98. The molecule has 0 atom stereocenters. The maximum atomic E-state index is 5.34. The molecule has 0 saturated carbocycles. The summed E-state index contributed by atoms with van der Waals surface area (Å²) in [6.45, 7) is 2.86. The average Bonchev–Trinajstić information content (AvgIpc) is 2.83. The van der Waals surface area contributed by atoms with Gasteiger partial charge in [0.25, 0.3) is 0 Å². The second-order valence-electron chi connectivity index (χ2n) is 2.92. The molecule has 0 fully saturated rings. The highest BCUT2D eigenvalue weighted by molar-refractivity contribution is 7.11. The number of aromatic nitrogens is 3. The first-order valence-electron chi connectivity index (χ1n) is 4.45. The molecule has 2 heterocycles. The zero-order chi connectivity index (χ0) is 10.7. The molecule has 2 rings (SSSR count). The van der Waals surface area contributed by atoms with Crippen LogP contribution in [0.4, 0.5) is 6.01 Å². The van der Waals surface area contributed by atoms with Crippen LogP contribution in [0, 0.1) is 6.92 Å². The van der Waals surface area contributed by atoms with Crippen LogP contribution in [0.15, 0.2) is 10.6 Å². The van der Waals surface area contributed by atoms with E-state index in [0.29, 0.717) is 18.5 Å². The first-order chi connectivity index (χ1) is 7.28. The second kappa shape index (κ2) is 4.37. The molecule has 0 radical (unpaired) electrons. The Labute approximate surface area is 90.5 Å². The van der Waals surface area contributed by atoms with Gasteiger partial charge in [-0.2, -0.15) is 0 Å². The van der Waals surface area contributed by atoms with E-state index in [-0.39, 0.29) is 6.54 Å². The SMILES string of the molecule is Cc1cnc(CNc2nnc(CN)o2)s1. The number of anilines is 1. The Morgan fingerprint density at radius 2 is 2.40 bits per heavy atom. The molecule has 2 aromatic heterocycles. The fourth-order valence-electron chi connectivity index (χ4n) is 1.04. The third kappa shape index (κ3) is 2.51. The van der Waals surface area contributed by atoms with E-state index in [1.807, 2.05) is 13.1 Å². The van der Waals surface area contributed by atoms with Crippen molar-refractivity contribution < 1.29 is 4.42 Å². The number of hydrogen-bond acceptors (Lipinski definition) is 7. The summed E-state index contributed by atoms with van der Waals surface area (Å²) in [6, 6.07) is 0.378. The summed E-state index contributed by atoms with van der Waals surface area (Å²) in [6.07, 6.45) is 1.83. The minimum Gasteiger partial charge on any atom is -0.407 e. The monoisotopic (exact) mass is 225 g/mol. The topological polar surface area (TPSA) is 89.9 Å². The number of thiazole rings is 1.